The number of amides is 1. The molecule has 1 amide bonds. The van der Waals surface area contributed by atoms with Crippen molar-refractivity contribution in [2.75, 3.05) is 26.1 Å². The summed E-state index contributed by atoms with van der Waals surface area (Å²) in [6.07, 6.45) is 2.18. The van der Waals surface area contributed by atoms with Crippen LogP contribution in [0, 0.1) is 25.2 Å². The Morgan fingerprint density at radius 1 is 1.06 bits per heavy atom. The zero-order valence-electron chi connectivity index (χ0n) is 20.1. The van der Waals surface area contributed by atoms with Crippen molar-refractivity contribution in [1.29, 1.82) is 5.26 Å². The van der Waals surface area contributed by atoms with Gasteiger partial charge in [-0.05, 0) is 74.2 Å². The van der Waals surface area contributed by atoms with Crippen molar-refractivity contribution in [2.45, 2.75) is 39.3 Å². The minimum absolute atomic E-state index is 0.135. The smallest absolute Gasteiger partial charge is 0.239 e. The first-order chi connectivity index (χ1) is 16.4. The zero-order valence-corrected chi connectivity index (χ0v) is 20.1. The third kappa shape index (κ3) is 4.92. The van der Waals surface area contributed by atoms with Gasteiger partial charge in [0.2, 0.25) is 5.91 Å². The molecule has 3 aromatic rings. The molecule has 0 aliphatic heterocycles. The lowest BCUT2D eigenvalue weighted by atomic mass is 10.2. The van der Waals surface area contributed by atoms with Gasteiger partial charge in [-0.3, -0.25) is 14.3 Å². The fourth-order valence-electron chi connectivity index (χ4n) is 4.19. The second-order valence-electron chi connectivity index (χ2n) is 8.61. The molecule has 1 aliphatic carbocycles. The molecule has 34 heavy (non-hydrogen) atoms. The van der Waals surface area contributed by atoms with Gasteiger partial charge in [-0.1, -0.05) is 12.1 Å². The number of anilines is 1. The predicted octanol–water partition coefficient (Wildman–Crippen LogP) is 4.59. The summed E-state index contributed by atoms with van der Waals surface area (Å²) < 4.78 is 12.4. The Morgan fingerprint density at radius 2 is 1.65 bits per heavy atom. The normalized spacial score (nSPS) is 12.9. The number of carbonyl (C=O) groups is 1. The second-order valence-corrected chi connectivity index (χ2v) is 8.61. The van der Waals surface area contributed by atoms with E-state index < -0.39 is 0 Å². The second kappa shape index (κ2) is 10.0. The van der Waals surface area contributed by atoms with Crippen LogP contribution >= 0.6 is 0 Å². The van der Waals surface area contributed by atoms with Crippen molar-refractivity contribution in [2.24, 2.45) is 0 Å². The van der Waals surface area contributed by atoms with Crippen LogP contribution in [0.15, 0.2) is 48.5 Å². The molecule has 7 heteroatoms. The molecule has 176 valence electrons. The average Bonchev–Trinajstić information content (AvgIpc) is 3.67. The Bertz CT molecular complexity index is 1200. The van der Waals surface area contributed by atoms with Gasteiger partial charge in [-0.25, -0.2) is 0 Å². The number of rotatable bonds is 9. The minimum atomic E-state index is -0.135. The highest BCUT2D eigenvalue weighted by Gasteiger charge is 2.31. The van der Waals surface area contributed by atoms with E-state index in [2.05, 4.69) is 16.3 Å². The molecule has 0 spiro atoms. The average molecular weight is 459 g/mol. The van der Waals surface area contributed by atoms with Gasteiger partial charge < -0.3 is 14.8 Å². The number of hydrogen-bond acceptors (Lipinski definition) is 5. The maximum Gasteiger partial charge on any atom is 0.239 e. The van der Waals surface area contributed by atoms with Crippen LogP contribution in [0.4, 0.5) is 5.82 Å². The van der Waals surface area contributed by atoms with Gasteiger partial charge in [0.25, 0.3) is 0 Å². The van der Waals surface area contributed by atoms with Crippen molar-refractivity contribution in [3.05, 3.63) is 70.9 Å². The highest BCUT2D eigenvalue weighted by atomic mass is 16.5. The standard InChI is InChI=1S/C27H30N4O3/c1-18-19(2)31(22-9-13-24(34-4)14-10-22)27(25(18)15-28)29-26(32)17-30(21-7-8-21)16-20-5-11-23(33-3)12-6-20/h5-6,9-14,21H,7-8,16-17H2,1-4H3,(H,29,32). The summed E-state index contributed by atoms with van der Waals surface area (Å²) in [5, 5.41) is 12.9. The van der Waals surface area contributed by atoms with E-state index in [9.17, 15) is 10.1 Å². The van der Waals surface area contributed by atoms with Crippen LogP contribution in [0.3, 0.4) is 0 Å². The van der Waals surface area contributed by atoms with Crippen molar-refractivity contribution in [1.82, 2.24) is 9.47 Å². The molecule has 1 saturated carbocycles. The number of benzene rings is 2. The Morgan fingerprint density at radius 3 is 2.18 bits per heavy atom. The molecule has 0 saturated heterocycles. The quantitative estimate of drug-likeness (QED) is 0.508. The first kappa shape index (κ1) is 23.4. The molecule has 0 bridgehead atoms. The Labute approximate surface area is 200 Å². The van der Waals surface area contributed by atoms with Crippen molar-refractivity contribution in [3.8, 4) is 23.3 Å². The van der Waals surface area contributed by atoms with E-state index in [0.29, 0.717) is 24.0 Å². The molecule has 0 unspecified atom stereocenters. The summed E-state index contributed by atoms with van der Waals surface area (Å²) in [7, 11) is 3.27. The molecule has 0 radical (unpaired) electrons. The van der Waals surface area contributed by atoms with E-state index in [-0.39, 0.29) is 12.5 Å². The molecule has 1 fully saturated rings. The van der Waals surface area contributed by atoms with Crippen molar-refractivity contribution >= 4 is 11.7 Å². The molecule has 1 aliphatic rings. The lowest BCUT2D eigenvalue weighted by molar-refractivity contribution is -0.117. The molecule has 1 N–H and O–H groups in total. The van der Waals surface area contributed by atoms with E-state index in [1.807, 2.05) is 66.9 Å². The van der Waals surface area contributed by atoms with Crippen LogP contribution in [-0.4, -0.2) is 42.2 Å². The van der Waals surface area contributed by atoms with E-state index in [1.165, 1.54) is 0 Å². The minimum Gasteiger partial charge on any atom is -0.497 e. The lowest BCUT2D eigenvalue weighted by Gasteiger charge is -2.22. The highest BCUT2D eigenvalue weighted by molar-refractivity contribution is 5.93. The fourth-order valence-corrected chi connectivity index (χ4v) is 4.19. The zero-order chi connectivity index (χ0) is 24.2. The van der Waals surface area contributed by atoms with Crippen molar-refractivity contribution in [3.63, 3.8) is 0 Å². The fraction of sp³-hybridized carbons (Fsp3) is 0.333. The van der Waals surface area contributed by atoms with E-state index >= 15 is 0 Å². The summed E-state index contributed by atoms with van der Waals surface area (Å²) in [5.74, 6) is 1.93. The van der Waals surface area contributed by atoms with Gasteiger partial charge in [0.05, 0.1) is 26.3 Å². The molecule has 1 heterocycles. The number of nitrogens with one attached hydrogen (secondary N) is 1. The Balaban J connectivity index is 1.56. The Hall–Kier alpha value is -3.76. The largest absolute Gasteiger partial charge is 0.497 e. The molecule has 0 atom stereocenters. The number of ether oxygens (including phenoxy) is 2. The van der Waals surface area contributed by atoms with Gasteiger partial charge in [0.15, 0.2) is 0 Å². The van der Waals surface area contributed by atoms with E-state index in [0.717, 1.165) is 46.8 Å². The van der Waals surface area contributed by atoms with Crippen LogP contribution in [0.5, 0.6) is 11.5 Å². The van der Waals surface area contributed by atoms with Crippen LogP contribution in [0.25, 0.3) is 5.69 Å². The topological polar surface area (TPSA) is 79.5 Å². The summed E-state index contributed by atoms with van der Waals surface area (Å²) >= 11 is 0. The summed E-state index contributed by atoms with van der Waals surface area (Å²) in [6.45, 7) is 4.80. The first-order valence-electron chi connectivity index (χ1n) is 11.4. The van der Waals surface area contributed by atoms with Crippen LogP contribution < -0.4 is 14.8 Å². The number of aromatic nitrogens is 1. The van der Waals surface area contributed by atoms with Gasteiger partial charge >= 0.3 is 0 Å². The van der Waals surface area contributed by atoms with Crippen LogP contribution in [0.1, 0.15) is 35.2 Å². The number of nitriles is 1. The maximum atomic E-state index is 13.2. The monoisotopic (exact) mass is 458 g/mol. The summed E-state index contributed by atoms with van der Waals surface area (Å²) in [5.41, 5.74) is 4.23. The van der Waals surface area contributed by atoms with E-state index in [1.54, 1.807) is 14.2 Å². The molecular weight excluding hydrogens is 428 g/mol. The molecule has 7 nitrogen and oxygen atoms in total. The lowest BCUT2D eigenvalue weighted by Crippen LogP contribution is -2.35. The number of methoxy groups -OCH3 is 2. The molecule has 2 aromatic carbocycles. The van der Waals surface area contributed by atoms with Crippen LogP contribution in [0.2, 0.25) is 0 Å². The third-order valence-electron chi connectivity index (χ3n) is 6.37. The molecular formula is C27H30N4O3. The highest BCUT2D eigenvalue weighted by Crippen LogP contribution is 2.32. The number of carbonyl (C=O) groups excluding carboxylic acids is 1. The predicted molar refractivity (Wildman–Crippen MR) is 132 cm³/mol. The molecule has 4 rings (SSSR count). The third-order valence-corrected chi connectivity index (χ3v) is 6.37. The maximum absolute atomic E-state index is 13.2. The number of nitrogens with zero attached hydrogens (tertiary/aromatic N) is 3. The van der Waals surface area contributed by atoms with E-state index in [4.69, 9.17) is 9.47 Å². The van der Waals surface area contributed by atoms with Gasteiger partial charge in [0.1, 0.15) is 23.4 Å². The van der Waals surface area contributed by atoms with Crippen molar-refractivity contribution < 1.29 is 14.3 Å². The van der Waals surface area contributed by atoms with Gasteiger partial charge in [-0.15, -0.1) is 0 Å². The van der Waals surface area contributed by atoms with Crippen LogP contribution in [-0.2, 0) is 11.3 Å². The van der Waals surface area contributed by atoms with Gasteiger partial charge in [-0.2, -0.15) is 5.26 Å². The summed E-state index contributed by atoms with van der Waals surface area (Å²) in [4.78, 5) is 15.4. The SMILES string of the molecule is COc1ccc(CN(CC(=O)Nc2c(C#N)c(C)c(C)n2-c2ccc(OC)cc2)C2CC2)cc1. The Kier molecular flexibility index (Phi) is 6.90. The van der Waals surface area contributed by atoms with Gasteiger partial charge in [0, 0.05) is 24.0 Å². The summed E-state index contributed by atoms with van der Waals surface area (Å²) in [6, 6.07) is 18.2. The number of hydrogen-bond donors (Lipinski definition) is 1. The first-order valence-corrected chi connectivity index (χ1v) is 11.4. The molecule has 1 aromatic heterocycles.